The fraction of sp³-hybridized carbons (Fsp3) is 1.00. The Bertz CT molecular complexity index is 133. The van der Waals surface area contributed by atoms with Crippen molar-refractivity contribution in [1.82, 2.24) is 0 Å². The van der Waals surface area contributed by atoms with E-state index in [0.29, 0.717) is 0 Å². The van der Waals surface area contributed by atoms with Gasteiger partial charge in [-0.05, 0) is 12.8 Å². The Morgan fingerprint density at radius 3 is 1.53 bits per heavy atom. The molecule has 0 saturated heterocycles. The third-order valence-corrected chi connectivity index (χ3v) is 4.41. The molecule has 0 rings (SSSR count). The molecule has 0 aromatic heterocycles. The quantitative estimate of drug-likeness (QED) is 0.257. The van der Waals surface area contributed by atoms with Crippen molar-refractivity contribution >= 4 is 15.9 Å². The maximum absolute atomic E-state index is 3.79. The van der Waals surface area contributed by atoms with Gasteiger partial charge in [-0.2, -0.15) is 0 Å². The number of unbranched alkanes of at least 4 members (excludes halogenated alkanes) is 9. The SMILES string of the molecule is CCCCCCCCCCCC(Br)CCCC. The van der Waals surface area contributed by atoms with Gasteiger partial charge in [0.2, 0.25) is 0 Å². The van der Waals surface area contributed by atoms with E-state index < -0.39 is 0 Å². The van der Waals surface area contributed by atoms with Gasteiger partial charge in [0, 0.05) is 4.83 Å². The molecule has 1 heteroatoms. The van der Waals surface area contributed by atoms with E-state index in [2.05, 4.69) is 29.8 Å². The fourth-order valence-corrected chi connectivity index (χ4v) is 2.89. The van der Waals surface area contributed by atoms with Crippen LogP contribution in [0.1, 0.15) is 97.3 Å². The highest BCUT2D eigenvalue weighted by Gasteiger charge is 2.02. The van der Waals surface area contributed by atoms with Gasteiger partial charge < -0.3 is 0 Å². The van der Waals surface area contributed by atoms with Crippen LogP contribution in [0.4, 0.5) is 0 Å². The molecule has 0 bridgehead atoms. The van der Waals surface area contributed by atoms with Crippen molar-refractivity contribution in [1.29, 1.82) is 0 Å². The average Bonchev–Trinajstić information content (AvgIpc) is 2.34. The van der Waals surface area contributed by atoms with Crippen LogP contribution in [-0.2, 0) is 0 Å². The van der Waals surface area contributed by atoms with Crippen LogP contribution >= 0.6 is 15.9 Å². The molecule has 0 spiro atoms. The molecule has 0 aliphatic heterocycles. The molecule has 0 aliphatic rings. The van der Waals surface area contributed by atoms with E-state index in [0.717, 1.165) is 4.83 Å². The highest BCUT2D eigenvalue weighted by atomic mass is 79.9. The van der Waals surface area contributed by atoms with Crippen molar-refractivity contribution in [2.24, 2.45) is 0 Å². The first-order valence-electron chi connectivity index (χ1n) is 7.95. The van der Waals surface area contributed by atoms with E-state index in [9.17, 15) is 0 Å². The zero-order valence-electron chi connectivity index (χ0n) is 12.1. The molecule has 0 amide bonds. The largest absolute Gasteiger partial charge is 0.0891 e. The molecule has 0 N–H and O–H groups in total. The van der Waals surface area contributed by atoms with Gasteiger partial charge in [0.05, 0.1) is 0 Å². The topological polar surface area (TPSA) is 0 Å². The molecule has 0 fully saturated rings. The molecule has 1 atom stereocenters. The Morgan fingerprint density at radius 2 is 1.00 bits per heavy atom. The van der Waals surface area contributed by atoms with Crippen LogP contribution in [-0.4, -0.2) is 4.83 Å². The molecule has 1 unspecified atom stereocenters. The highest BCUT2D eigenvalue weighted by molar-refractivity contribution is 9.09. The number of halogens is 1. The van der Waals surface area contributed by atoms with Crippen molar-refractivity contribution in [3.05, 3.63) is 0 Å². The molecule has 104 valence electrons. The summed E-state index contributed by atoms with van der Waals surface area (Å²) < 4.78 is 0. The van der Waals surface area contributed by atoms with Crippen molar-refractivity contribution in [3.63, 3.8) is 0 Å². The lowest BCUT2D eigenvalue weighted by molar-refractivity contribution is 0.545. The van der Waals surface area contributed by atoms with E-state index in [1.807, 2.05) is 0 Å². The van der Waals surface area contributed by atoms with Crippen molar-refractivity contribution in [2.45, 2.75) is 102 Å². The van der Waals surface area contributed by atoms with Crippen molar-refractivity contribution in [2.75, 3.05) is 0 Å². The van der Waals surface area contributed by atoms with E-state index >= 15 is 0 Å². The lowest BCUT2D eigenvalue weighted by Crippen LogP contribution is -1.97. The third kappa shape index (κ3) is 14.4. The lowest BCUT2D eigenvalue weighted by Gasteiger charge is -2.08. The predicted octanol–water partition coefficient (Wildman–Crippen LogP) is 6.86. The molecule has 0 aromatic carbocycles. The number of rotatable bonds is 13. The van der Waals surface area contributed by atoms with Gasteiger partial charge >= 0.3 is 0 Å². The first-order valence-corrected chi connectivity index (χ1v) is 8.86. The first-order chi connectivity index (χ1) is 8.31. The van der Waals surface area contributed by atoms with E-state index in [1.165, 1.54) is 83.5 Å². The van der Waals surface area contributed by atoms with Crippen LogP contribution in [0, 0.1) is 0 Å². The maximum atomic E-state index is 3.79. The van der Waals surface area contributed by atoms with Gasteiger partial charge in [0.1, 0.15) is 0 Å². The van der Waals surface area contributed by atoms with Crippen LogP contribution in [0.2, 0.25) is 0 Å². The van der Waals surface area contributed by atoms with E-state index in [4.69, 9.17) is 0 Å². The second-order valence-corrected chi connectivity index (χ2v) is 6.65. The summed E-state index contributed by atoms with van der Waals surface area (Å²) in [5.41, 5.74) is 0. The van der Waals surface area contributed by atoms with Crippen LogP contribution in [0.25, 0.3) is 0 Å². The summed E-state index contributed by atoms with van der Waals surface area (Å²) in [7, 11) is 0. The molecule has 0 radical (unpaired) electrons. The van der Waals surface area contributed by atoms with Gasteiger partial charge in [-0.1, -0.05) is 100 Å². The summed E-state index contributed by atoms with van der Waals surface area (Å²) in [4.78, 5) is 0.784. The number of hydrogen-bond acceptors (Lipinski definition) is 0. The summed E-state index contributed by atoms with van der Waals surface area (Å²) in [6.07, 6.45) is 18.4. The Balaban J connectivity index is 3.02. The summed E-state index contributed by atoms with van der Waals surface area (Å²) >= 11 is 3.79. The summed E-state index contributed by atoms with van der Waals surface area (Å²) in [6, 6.07) is 0. The Hall–Kier alpha value is 0.480. The van der Waals surface area contributed by atoms with Gasteiger partial charge in [0.25, 0.3) is 0 Å². The standard InChI is InChI=1S/C16H33Br/c1-3-5-7-8-9-10-11-12-13-15-16(17)14-6-4-2/h16H,3-15H2,1-2H3. The molecule has 0 saturated carbocycles. The fourth-order valence-electron chi connectivity index (χ4n) is 2.25. The van der Waals surface area contributed by atoms with Crippen LogP contribution in [0.15, 0.2) is 0 Å². The first kappa shape index (κ1) is 17.5. The highest BCUT2D eigenvalue weighted by Crippen LogP contribution is 2.18. The van der Waals surface area contributed by atoms with Gasteiger partial charge in [-0.25, -0.2) is 0 Å². The summed E-state index contributed by atoms with van der Waals surface area (Å²) in [6.45, 7) is 4.56. The van der Waals surface area contributed by atoms with E-state index in [-0.39, 0.29) is 0 Å². The number of hydrogen-bond donors (Lipinski definition) is 0. The smallest absolute Gasteiger partial charge is 0.0145 e. The monoisotopic (exact) mass is 304 g/mol. The summed E-state index contributed by atoms with van der Waals surface area (Å²) in [5.74, 6) is 0. The zero-order valence-corrected chi connectivity index (χ0v) is 13.7. The van der Waals surface area contributed by atoms with Crippen LogP contribution in [0.5, 0.6) is 0 Å². The predicted molar refractivity (Wildman–Crippen MR) is 84.1 cm³/mol. The molecular weight excluding hydrogens is 272 g/mol. The zero-order chi connectivity index (χ0) is 12.8. The van der Waals surface area contributed by atoms with Gasteiger partial charge in [-0.15, -0.1) is 0 Å². The van der Waals surface area contributed by atoms with Gasteiger partial charge in [0.15, 0.2) is 0 Å². The Kier molecular flexibility index (Phi) is 15.0. The Morgan fingerprint density at radius 1 is 0.588 bits per heavy atom. The molecule has 0 aromatic rings. The maximum Gasteiger partial charge on any atom is 0.0145 e. The number of alkyl halides is 1. The second kappa shape index (κ2) is 14.5. The minimum absolute atomic E-state index is 0.784. The van der Waals surface area contributed by atoms with Crippen LogP contribution in [0.3, 0.4) is 0 Å². The normalized spacial score (nSPS) is 12.9. The second-order valence-electron chi connectivity index (χ2n) is 5.36. The lowest BCUT2D eigenvalue weighted by atomic mass is 10.0. The molecule has 0 heterocycles. The Labute approximate surface area is 118 Å². The average molecular weight is 305 g/mol. The molecule has 17 heavy (non-hydrogen) atoms. The summed E-state index contributed by atoms with van der Waals surface area (Å²) in [5, 5.41) is 0. The van der Waals surface area contributed by atoms with E-state index in [1.54, 1.807) is 0 Å². The van der Waals surface area contributed by atoms with Crippen molar-refractivity contribution < 1.29 is 0 Å². The minimum Gasteiger partial charge on any atom is -0.0891 e. The molecule has 0 nitrogen and oxygen atoms in total. The third-order valence-electron chi connectivity index (χ3n) is 3.49. The molecular formula is C16H33Br. The molecule has 0 aliphatic carbocycles. The van der Waals surface area contributed by atoms with Gasteiger partial charge in [-0.3, -0.25) is 0 Å². The van der Waals surface area contributed by atoms with Crippen LogP contribution < -0.4 is 0 Å². The van der Waals surface area contributed by atoms with Crippen molar-refractivity contribution in [3.8, 4) is 0 Å². The minimum atomic E-state index is 0.784.